The summed E-state index contributed by atoms with van der Waals surface area (Å²) in [5.41, 5.74) is 0.0563. The summed E-state index contributed by atoms with van der Waals surface area (Å²) in [4.78, 5) is 0. The topological polar surface area (TPSA) is 20.2 Å². The van der Waals surface area contributed by atoms with Crippen LogP contribution in [-0.2, 0) is 0 Å². The van der Waals surface area contributed by atoms with Crippen molar-refractivity contribution >= 4 is 0 Å². The highest BCUT2D eigenvalue weighted by molar-refractivity contribution is 4.83. The lowest BCUT2D eigenvalue weighted by molar-refractivity contribution is -0.00657. The van der Waals surface area contributed by atoms with Gasteiger partial charge in [-0.15, -0.1) is 0 Å². The summed E-state index contributed by atoms with van der Waals surface area (Å²) < 4.78 is 0. The Morgan fingerprint density at radius 3 is 1.39 bits per heavy atom. The second kappa shape index (κ2) is 7.89. The highest BCUT2D eigenvalue weighted by atomic mass is 16.3. The molecule has 1 nitrogen and oxygen atoms in total. The standard InChI is InChI=1S/C22H42O/c1-21(2,3)19-13-9-17(10-14-19)7-6-8-18-11-15-20(16-12-18)22(4,5)23/h17-20,23H,6-16H2,1-5H3. The van der Waals surface area contributed by atoms with Gasteiger partial charge >= 0.3 is 0 Å². The second-order valence-corrected chi connectivity index (χ2v) is 10.4. The molecule has 0 spiro atoms. The van der Waals surface area contributed by atoms with Crippen LogP contribution in [0.1, 0.15) is 105 Å². The molecule has 0 aromatic rings. The maximum Gasteiger partial charge on any atom is 0.0619 e. The molecule has 0 aromatic heterocycles. The van der Waals surface area contributed by atoms with Gasteiger partial charge < -0.3 is 5.11 Å². The molecular formula is C22H42O. The highest BCUT2D eigenvalue weighted by Gasteiger charge is 2.32. The third kappa shape index (κ3) is 6.07. The van der Waals surface area contributed by atoms with Gasteiger partial charge in [0, 0.05) is 0 Å². The minimum atomic E-state index is -0.462. The first kappa shape index (κ1) is 19.3. The van der Waals surface area contributed by atoms with E-state index in [4.69, 9.17) is 0 Å². The average Bonchev–Trinajstić information content (AvgIpc) is 2.46. The van der Waals surface area contributed by atoms with Gasteiger partial charge in [-0.1, -0.05) is 65.7 Å². The minimum absolute atomic E-state index is 0.462. The molecule has 1 heteroatoms. The Bertz CT molecular complexity index is 296. The van der Waals surface area contributed by atoms with Gasteiger partial charge in [0.2, 0.25) is 0 Å². The lowest BCUT2D eigenvalue weighted by Crippen LogP contribution is -2.33. The van der Waals surface area contributed by atoms with Gasteiger partial charge in [-0.3, -0.25) is 0 Å². The van der Waals surface area contributed by atoms with Crippen LogP contribution in [0.4, 0.5) is 0 Å². The first-order chi connectivity index (χ1) is 10.7. The van der Waals surface area contributed by atoms with E-state index in [1.807, 2.05) is 13.8 Å². The van der Waals surface area contributed by atoms with Crippen LogP contribution < -0.4 is 0 Å². The molecule has 0 aliphatic heterocycles. The van der Waals surface area contributed by atoms with E-state index in [0.717, 1.165) is 17.8 Å². The van der Waals surface area contributed by atoms with Gasteiger partial charge in [-0.2, -0.15) is 0 Å². The zero-order chi connectivity index (χ0) is 17.1. The average molecular weight is 323 g/mol. The highest BCUT2D eigenvalue weighted by Crippen LogP contribution is 2.42. The molecule has 0 radical (unpaired) electrons. The molecule has 2 aliphatic rings. The number of hydrogen-bond acceptors (Lipinski definition) is 1. The number of hydrogen-bond donors (Lipinski definition) is 1. The van der Waals surface area contributed by atoms with Crippen molar-refractivity contribution in [2.75, 3.05) is 0 Å². The molecule has 2 aliphatic carbocycles. The maximum atomic E-state index is 10.2. The predicted molar refractivity (Wildman–Crippen MR) is 100 cm³/mol. The van der Waals surface area contributed by atoms with Crippen molar-refractivity contribution in [2.24, 2.45) is 29.1 Å². The van der Waals surface area contributed by atoms with Crippen LogP contribution in [-0.4, -0.2) is 10.7 Å². The third-order valence-electron chi connectivity index (χ3n) is 7.14. The maximum absolute atomic E-state index is 10.2. The largest absolute Gasteiger partial charge is 0.390 e. The molecular weight excluding hydrogens is 280 g/mol. The molecule has 0 aromatic carbocycles. The molecule has 0 unspecified atom stereocenters. The van der Waals surface area contributed by atoms with E-state index in [2.05, 4.69) is 20.8 Å². The summed E-state index contributed by atoms with van der Waals surface area (Å²) in [7, 11) is 0. The van der Waals surface area contributed by atoms with Crippen molar-refractivity contribution in [3.8, 4) is 0 Å². The van der Waals surface area contributed by atoms with E-state index in [-0.39, 0.29) is 0 Å². The van der Waals surface area contributed by atoms with E-state index >= 15 is 0 Å². The van der Waals surface area contributed by atoms with E-state index in [1.165, 1.54) is 70.6 Å². The molecule has 0 bridgehead atoms. The molecule has 2 saturated carbocycles. The van der Waals surface area contributed by atoms with Gasteiger partial charge in [0.25, 0.3) is 0 Å². The van der Waals surface area contributed by atoms with E-state index in [0.29, 0.717) is 11.3 Å². The summed E-state index contributed by atoms with van der Waals surface area (Å²) in [6.07, 6.45) is 15.4. The first-order valence-electron chi connectivity index (χ1n) is 10.4. The van der Waals surface area contributed by atoms with Crippen molar-refractivity contribution in [2.45, 2.75) is 111 Å². The van der Waals surface area contributed by atoms with Gasteiger partial charge in [-0.25, -0.2) is 0 Å². The van der Waals surface area contributed by atoms with Crippen LogP contribution >= 0.6 is 0 Å². The van der Waals surface area contributed by atoms with Crippen LogP contribution in [0, 0.1) is 29.1 Å². The molecule has 23 heavy (non-hydrogen) atoms. The number of aliphatic hydroxyl groups is 1. The fourth-order valence-electron chi connectivity index (χ4n) is 5.17. The van der Waals surface area contributed by atoms with Crippen LogP contribution in [0.2, 0.25) is 0 Å². The fraction of sp³-hybridized carbons (Fsp3) is 1.00. The Balaban J connectivity index is 1.59. The quantitative estimate of drug-likeness (QED) is 0.605. The smallest absolute Gasteiger partial charge is 0.0619 e. The molecule has 0 amide bonds. The third-order valence-corrected chi connectivity index (χ3v) is 7.14. The van der Waals surface area contributed by atoms with Gasteiger partial charge in [0.05, 0.1) is 5.60 Å². The Morgan fingerprint density at radius 2 is 1.04 bits per heavy atom. The monoisotopic (exact) mass is 322 g/mol. The summed E-state index contributed by atoms with van der Waals surface area (Å²) in [6.45, 7) is 11.2. The summed E-state index contributed by atoms with van der Waals surface area (Å²) in [6, 6.07) is 0. The van der Waals surface area contributed by atoms with E-state index in [9.17, 15) is 5.11 Å². The molecule has 136 valence electrons. The van der Waals surface area contributed by atoms with Crippen molar-refractivity contribution in [1.82, 2.24) is 0 Å². The first-order valence-corrected chi connectivity index (χ1v) is 10.4. The van der Waals surface area contributed by atoms with E-state index < -0.39 is 5.60 Å². The Morgan fingerprint density at radius 1 is 0.652 bits per heavy atom. The lowest BCUT2D eigenvalue weighted by Gasteiger charge is -2.37. The summed E-state index contributed by atoms with van der Waals surface area (Å²) in [5, 5.41) is 10.2. The Labute approximate surface area is 145 Å². The molecule has 2 rings (SSSR count). The molecule has 0 atom stereocenters. The molecule has 1 N–H and O–H groups in total. The van der Waals surface area contributed by atoms with Crippen molar-refractivity contribution in [3.05, 3.63) is 0 Å². The van der Waals surface area contributed by atoms with Crippen molar-refractivity contribution < 1.29 is 5.11 Å². The molecule has 0 saturated heterocycles. The summed E-state index contributed by atoms with van der Waals surface area (Å²) >= 11 is 0. The zero-order valence-corrected chi connectivity index (χ0v) is 16.5. The Kier molecular flexibility index (Phi) is 6.62. The van der Waals surface area contributed by atoms with Crippen LogP contribution in [0.25, 0.3) is 0 Å². The van der Waals surface area contributed by atoms with Crippen LogP contribution in [0.15, 0.2) is 0 Å². The number of rotatable bonds is 5. The van der Waals surface area contributed by atoms with Gasteiger partial charge in [-0.05, 0) is 68.6 Å². The zero-order valence-electron chi connectivity index (χ0n) is 16.5. The SMILES string of the molecule is CC(C)(C)C1CCC(CCCC2CCC(C(C)(C)O)CC2)CC1. The fourth-order valence-corrected chi connectivity index (χ4v) is 5.17. The van der Waals surface area contributed by atoms with Crippen LogP contribution in [0.5, 0.6) is 0 Å². The predicted octanol–water partition coefficient (Wildman–Crippen LogP) is 6.59. The summed E-state index contributed by atoms with van der Waals surface area (Å²) in [5.74, 6) is 3.45. The van der Waals surface area contributed by atoms with Crippen molar-refractivity contribution in [1.29, 1.82) is 0 Å². The Hall–Kier alpha value is -0.0400. The molecule has 0 heterocycles. The second-order valence-electron chi connectivity index (χ2n) is 10.4. The van der Waals surface area contributed by atoms with Gasteiger partial charge in [0.15, 0.2) is 0 Å². The molecule has 2 fully saturated rings. The normalized spacial score (nSPS) is 33.7. The van der Waals surface area contributed by atoms with Gasteiger partial charge in [0.1, 0.15) is 0 Å². The lowest BCUT2D eigenvalue weighted by atomic mass is 9.69. The van der Waals surface area contributed by atoms with Crippen molar-refractivity contribution in [3.63, 3.8) is 0 Å². The minimum Gasteiger partial charge on any atom is -0.390 e. The van der Waals surface area contributed by atoms with Crippen LogP contribution in [0.3, 0.4) is 0 Å². The van der Waals surface area contributed by atoms with E-state index in [1.54, 1.807) is 0 Å².